The summed E-state index contributed by atoms with van der Waals surface area (Å²) in [6, 6.07) is 8.46. The molecule has 1 saturated heterocycles. The molecule has 0 aliphatic carbocycles. The number of hydrogen-bond donors (Lipinski definition) is 2. The van der Waals surface area contributed by atoms with Crippen molar-refractivity contribution in [2.45, 2.75) is 24.8 Å². The Morgan fingerprint density at radius 2 is 2.28 bits per heavy atom. The number of anilines is 1. The summed E-state index contributed by atoms with van der Waals surface area (Å²) in [7, 11) is 0. The zero-order chi connectivity index (χ0) is 12.4. The molecule has 3 rings (SSSR count). The Bertz CT molecular complexity index is 443. The fraction of sp³-hybridized carbons (Fsp3) is 0.500. The number of nitrogens with one attached hydrogen (secondary N) is 2. The molecule has 0 saturated carbocycles. The van der Waals surface area contributed by atoms with Crippen LogP contribution in [0.2, 0.25) is 0 Å². The summed E-state index contributed by atoms with van der Waals surface area (Å²) in [5.74, 6) is 2.46. The normalized spacial score (nSPS) is 26.2. The number of thioether (sulfide) groups is 1. The van der Waals surface area contributed by atoms with E-state index in [1.54, 1.807) is 0 Å². The lowest BCUT2D eigenvalue weighted by Gasteiger charge is -2.24. The fourth-order valence-corrected chi connectivity index (χ4v) is 3.75. The van der Waals surface area contributed by atoms with E-state index in [0.29, 0.717) is 6.04 Å². The Hall–Kier alpha value is -1.16. The summed E-state index contributed by atoms with van der Waals surface area (Å²) in [6.45, 7) is 0.727. The van der Waals surface area contributed by atoms with Gasteiger partial charge in [0, 0.05) is 24.0 Å². The lowest BCUT2D eigenvalue weighted by molar-refractivity contribution is -0.122. The third-order valence-corrected chi connectivity index (χ3v) is 4.87. The third kappa shape index (κ3) is 2.34. The minimum absolute atomic E-state index is 0.0203. The van der Waals surface area contributed by atoms with Gasteiger partial charge >= 0.3 is 0 Å². The maximum Gasteiger partial charge on any atom is 0.229 e. The van der Waals surface area contributed by atoms with Crippen molar-refractivity contribution in [3.63, 3.8) is 0 Å². The van der Waals surface area contributed by atoms with Crippen molar-refractivity contribution < 1.29 is 4.79 Å². The molecule has 1 amide bonds. The van der Waals surface area contributed by atoms with Crippen LogP contribution in [0.1, 0.15) is 24.3 Å². The summed E-state index contributed by atoms with van der Waals surface area (Å²) in [6.07, 6.45) is 2.34. The van der Waals surface area contributed by atoms with Gasteiger partial charge in [0.15, 0.2) is 0 Å². The first-order valence-electron chi connectivity index (χ1n) is 6.55. The molecule has 0 aromatic heterocycles. The predicted octanol–water partition coefficient (Wildman–Crippen LogP) is 2.21. The Morgan fingerprint density at radius 3 is 3.11 bits per heavy atom. The maximum atomic E-state index is 12.3. The molecule has 2 aliphatic heterocycles. The van der Waals surface area contributed by atoms with Crippen LogP contribution in [-0.2, 0) is 4.79 Å². The van der Waals surface area contributed by atoms with Gasteiger partial charge in [-0.05, 0) is 30.2 Å². The molecule has 2 heterocycles. The zero-order valence-corrected chi connectivity index (χ0v) is 11.1. The highest BCUT2D eigenvalue weighted by Gasteiger charge is 2.29. The number of carbonyl (C=O) groups excluding carboxylic acids is 1. The summed E-state index contributed by atoms with van der Waals surface area (Å²) in [5.41, 5.74) is 2.24. The molecule has 18 heavy (non-hydrogen) atoms. The first-order chi connectivity index (χ1) is 8.84. The topological polar surface area (TPSA) is 41.1 Å². The van der Waals surface area contributed by atoms with Crippen molar-refractivity contribution in [2.24, 2.45) is 0 Å². The van der Waals surface area contributed by atoms with E-state index >= 15 is 0 Å². The summed E-state index contributed by atoms with van der Waals surface area (Å²) >= 11 is 1.94. The second-order valence-electron chi connectivity index (χ2n) is 4.94. The Morgan fingerprint density at radius 1 is 1.39 bits per heavy atom. The van der Waals surface area contributed by atoms with Crippen LogP contribution in [0.4, 0.5) is 5.69 Å². The van der Waals surface area contributed by atoms with Gasteiger partial charge in [-0.1, -0.05) is 18.2 Å². The van der Waals surface area contributed by atoms with Crippen LogP contribution in [0.25, 0.3) is 0 Å². The molecule has 2 aliphatic rings. The van der Waals surface area contributed by atoms with Crippen molar-refractivity contribution in [3.8, 4) is 0 Å². The van der Waals surface area contributed by atoms with Crippen LogP contribution in [-0.4, -0.2) is 30.0 Å². The van der Waals surface area contributed by atoms with Gasteiger partial charge in [0.25, 0.3) is 0 Å². The molecule has 4 heteroatoms. The first kappa shape index (κ1) is 11.9. The van der Waals surface area contributed by atoms with Gasteiger partial charge in [0.2, 0.25) is 5.91 Å². The average molecular weight is 262 g/mol. The molecule has 2 N–H and O–H groups in total. The van der Waals surface area contributed by atoms with Gasteiger partial charge < -0.3 is 10.6 Å². The van der Waals surface area contributed by atoms with Crippen molar-refractivity contribution in [1.29, 1.82) is 0 Å². The van der Waals surface area contributed by atoms with Gasteiger partial charge in [0.05, 0.1) is 5.92 Å². The summed E-state index contributed by atoms with van der Waals surface area (Å²) in [4.78, 5) is 12.3. The van der Waals surface area contributed by atoms with Crippen LogP contribution in [0.3, 0.4) is 0 Å². The second kappa shape index (κ2) is 5.22. The number of benzene rings is 1. The first-order valence-corrected chi connectivity index (χ1v) is 7.71. The van der Waals surface area contributed by atoms with Gasteiger partial charge in [-0.25, -0.2) is 0 Å². The van der Waals surface area contributed by atoms with Crippen LogP contribution >= 0.6 is 11.8 Å². The van der Waals surface area contributed by atoms with E-state index in [2.05, 4.69) is 16.7 Å². The van der Waals surface area contributed by atoms with Crippen LogP contribution in [0.15, 0.2) is 24.3 Å². The van der Waals surface area contributed by atoms with Crippen molar-refractivity contribution in [3.05, 3.63) is 29.8 Å². The standard InChI is InChI=1S/C14H18N2OS/c17-14(16-10-4-3-7-18-9-10)12-8-15-13-6-2-1-5-11(12)13/h1-2,5-6,10,12,15H,3-4,7-9H2,(H,16,17). The Balaban J connectivity index is 1.67. The molecule has 0 spiro atoms. The number of carbonyl (C=O) groups is 1. The zero-order valence-electron chi connectivity index (χ0n) is 10.3. The Labute approximate surface area is 112 Å². The van der Waals surface area contributed by atoms with Gasteiger partial charge in [-0.15, -0.1) is 0 Å². The molecule has 0 radical (unpaired) electrons. The smallest absolute Gasteiger partial charge is 0.229 e. The SMILES string of the molecule is O=C(NC1CCCSC1)C1CNc2ccccc21. The highest BCUT2D eigenvalue weighted by atomic mass is 32.2. The quantitative estimate of drug-likeness (QED) is 0.858. The molecule has 96 valence electrons. The van der Waals surface area contributed by atoms with Crippen LogP contribution < -0.4 is 10.6 Å². The molecular formula is C14H18N2OS. The molecule has 2 unspecified atom stereocenters. The van der Waals surface area contributed by atoms with E-state index in [9.17, 15) is 4.79 Å². The van der Waals surface area contributed by atoms with Crippen molar-refractivity contribution >= 4 is 23.4 Å². The lowest BCUT2D eigenvalue weighted by atomic mass is 10.00. The second-order valence-corrected chi connectivity index (χ2v) is 6.09. The number of para-hydroxylation sites is 1. The average Bonchev–Trinajstić information content (AvgIpc) is 2.84. The van der Waals surface area contributed by atoms with Gasteiger partial charge in [-0.3, -0.25) is 4.79 Å². The monoisotopic (exact) mass is 262 g/mol. The van der Waals surface area contributed by atoms with Crippen molar-refractivity contribution in [2.75, 3.05) is 23.4 Å². The van der Waals surface area contributed by atoms with Gasteiger partial charge in [0.1, 0.15) is 0 Å². The Kier molecular flexibility index (Phi) is 3.46. The van der Waals surface area contributed by atoms with E-state index in [-0.39, 0.29) is 11.8 Å². The van der Waals surface area contributed by atoms with Gasteiger partial charge in [-0.2, -0.15) is 11.8 Å². The van der Waals surface area contributed by atoms with E-state index < -0.39 is 0 Å². The molecule has 1 aromatic rings. The number of hydrogen-bond acceptors (Lipinski definition) is 3. The predicted molar refractivity (Wildman–Crippen MR) is 76.2 cm³/mol. The fourth-order valence-electron chi connectivity index (χ4n) is 2.67. The minimum atomic E-state index is -0.0203. The van der Waals surface area contributed by atoms with Crippen LogP contribution in [0, 0.1) is 0 Å². The van der Waals surface area contributed by atoms with Crippen molar-refractivity contribution in [1.82, 2.24) is 5.32 Å². The largest absolute Gasteiger partial charge is 0.384 e. The van der Waals surface area contributed by atoms with E-state index in [4.69, 9.17) is 0 Å². The number of amides is 1. The molecule has 1 fully saturated rings. The molecule has 3 nitrogen and oxygen atoms in total. The minimum Gasteiger partial charge on any atom is -0.384 e. The maximum absolute atomic E-state index is 12.3. The number of rotatable bonds is 2. The number of fused-ring (bicyclic) bond motifs is 1. The molecule has 0 bridgehead atoms. The highest BCUT2D eigenvalue weighted by Crippen LogP contribution is 2.31. The van der Waals surface area contributed by atoms with Crippen LogP contribution in [0.5, 0.6) is 0 Å². The third-order valence-electron chi connectivity index (χ3n) is 3.66. The van der Waals surface area contributed by atoms with E-state index in [0.717, 1.165) is 30.0 Å². The molecule has 1 aromatic carbocycles. The van der Waals surface area contributed by atoms with E-state index in [1.807, 2.05) is 30.0 Å². The van der Waals surface area contributed by atoms with E-state index in [1.165, 1.54) is 12.2 Å². The summed E-state index contributed by atoms with van der Waals surface area (Å²) in [5, 5.41) is 6.50. The molecule has 2 atom stereocenters. The summed E-state index contributed by atoms with van der Waals surface area (Å²) < 4.78 is 0. The molecular weight excluding hydrogens is 244 g/mol. The highest BCUT2D eigenvalue weighted by molar-refractivity contribution is 7.99. The lowest BCUT2D eigenvalue weighted by Crippen LogP contribution is -2.41.